The molecule has 1 aliphatic heterocycles. The summed E-state index contributed by atoms with van der Waals surface area (Å²) in [5.41, 5.74) is 1.18. The monoisotopic (exact) mass is 251 g/mol. The van der Waals surface area contributed by atoms with Gasteiger partial charge in [-0.1, -0.05) is 13.0 Å². The lowest BCUT2D eigenvalue weighted by molar-refractivity contribution is 0.163. The summed E-state index contributed by atoms with van der Waals surface area (Å²) < 4.78 is 16.4. The summed E-state index contributed by atoms with van der Waals surface area (Å²) in [5, 5.41) is 3.47. The molecule has 0 radical (unpaired) electrons. The van der Waals surface area contributed by atoms with Crippen molar-refractivity contribution in [1.29, 1.82) is 0 Å². The Balaban J connectivity index is 2.13. The van der Waals surface area contributed by atoms with Crippen molar-refractivity contribution in [2.24, 2.45) is 0 Å². The summed E-state index contributed by atoms with van der Waals surface area (Å²) in [7, 11) is 1.72. The van der Waals surface area contributed by atoms with E-state index in [4.69, 9.17) is 14.2 Å². The standard InChI is InChI=1S/C14H21NO3/c1-3-6-15-12(10-16-2)11-4-5-13-14(9-11)18-8-7-17-13/h4-5,9,12,15H,3,6-8,10H2,1-2H3. The Bertz CT molecular complexity index is 381. The summed E-state index contributed by atoms with van der Waals surface area (Å²) in [6.07, 6.45) is 1.10. The molecule has 0 saturated carbocycles. The number of methoxy groups -OCH3 is 1. The molecule has 1 aromatic carbocycles. The molecule has 0 fully saturated rings. The summed E-state index contributed by atoms with van der Waals surface area (Å²) in [4.78, 5) is 0. The summed E-state index contributed by atoms with van der Waals surface area (Å²) in [5.74, 6) is 1.66. The lowest BCUT2D eigenvalue weighted by atomic mass is 10.1. The fourth-order valence-corrected chi connectivity index (χ4v) is 2.03. The maximum Gasteiger partial charge on any atom is 0.161 e. The molecule has 1 unspecified atom stereocenters. The third kappa shape index (κ3) is 3.15. The van der Waals surface area contributed by atoms with E-state index in [0.717, 1.165) is 24.5 Å². The van der Waals surface area contributed by atoms with Crippen molar-refractivity contribution in [3.8, 4) is 11.5 Å². The number of hydrogen-bond acceptors (Lipinski definition) is 4. The van der Waals surface area contributed by atoms with Gasteiger partial charge in [-0.2, -0.15) is 0 Å². The molecule has 0 amide bonds. The number of rotatable bonds is 6. The van der Waals surface area contributed by atoms with Gasteiger partial charge in [-0.25, -0.2) is 0 Å². The maximum atomic E-state index is 5.60. The van der Waals surface area contributed by atoms with Crippen molar-refractivity contribution in [1.82, 2.24) is 5.32 Å². The van der Waals surface area contributed by atoms with Crippen molar-refractivity contribution >= 4 is 0 Å². The van der Waals surface area contributed by atoms with E-state index in [1.54, 1.807) is 7.11 Å². The molecular weight excluding hydrogens is 230 g/mol. The van der Waals surface area contributed by atoms with Crippen LogP contribution in [0.1, 0.15) is 24.9 Å². The number of fused-ring (bicyclic) bond motifs is 1. The van der Waals surface area contributed by atoms with Crippen LogP contribution < -0.4 is 14.8 Å². The highest BCUT2D eigenvalue weighted by Gasteiger charge is 2.16. The minimum absolute atomic E-state index is 0.200. The Morgan fingerprint density at radius 3 is 2.78 bits per heavy atom. The fourth-order valence-electron chi connectivity index (χ4n) is 2.03. The third-order valence-electron chi connectivity index (χ3n) is 2.94. The van der Waals surface area contributed by atoms with Gasteiger partial charge in [0.15, 0.2) is 11.5 Å². The predicted octanol–water partition coefficient (Wildman–Crippen LogP) is 2.14. The second kappa shape index (κ2) is 6.61. The zero-order chi connectivity index (χ0) is 12.8. The number of nitrogens with one attached hydrogen (secondary N) is 1. The summed E-state index contributed by atoms with van der Waals surface area (Å²) >= 11 is 0. The van der Waals surface area contributed by atoms with Gasteiger partial charge in [-0.15, -0.1) is 0 Å². The van der Waals surface area contributed by atoms with Crippen LogP contribution in [0.2, 0.25) is 0 Å². The van der Waals surface area contributed by atoms with E-state index in [-0.39, 0.29) is 6.04 Å². The van der Waals surface area contributed by atoms with Gasteiger partial charge in [-0.3, -0.25) is 0 Å². The molecule has 0 aromatic heterocycles. The average molecular weight is 251 g/mol. The number of benzene rings is 1. The molecule has 4 heteroatoms. The lowest BCUT2D eigenvalue weighted by Gasteiger charge is -2.22. The Morgan fingerprint density at radius 1 is 1.28 bits per heavy atom. The zero-order valence-corrected chi connectivity index (χ0v) is 11.1. The Labute approximate surface area is 108 Å². The van der Waals surface area contributed by atoms with Crippen molar-refractivity contribution in [2.45, 2.75) is 19.4 Å². The number of hydrogen-bond donors (Lipinski definition) is 1. The van der Waals surface area contributed by atoms with Gasteiger partial charge < -0.3 is 19.5 Å². The highest BCUT2D eigenvalue weighted by molar-refractivity contribution is 5.44. The van der Waals surface area contributed by atoms with Gasteiger partial charge in [0.2, 0.25) is 0 Å². The van der Waals surface area contributed by atoms with Crippen molar-refractivity contribution in [3.63, 3.8) is 0 Å². The maximum absolute atomic E-state index is 5.60. The first-order valence-electron chi connectivity index (χ1n) is 6.47. The third-order valence-corrected chi connectivity index (χ3v) is 2.94. The Morgan fingerprint density at radius 2 is 2.06 bits per heavy atom. The largest absolute Gasteiger partial charge is 0.486 e. The highest BCUT2D eigenvalue weighted by Crippen LogP contribution is 2.32. The van der Waals surface area contributed by atoms with Gasteiger partial charge in [0.05, 0.1) is 12.6 Å². The molecule has 18 heavy (non-hydrogen) atoms. The molecule has 2 rings (SSSR count). The second-order valence-electron chi connectivity index (χ2n) is 4.37. The van der Waals surface area contributed by atoms with E-state index in [0.29, 0.717) is 19.8 Å². The van der Waals surface area contributed by atoms with E-state index in [9.17, 15) is 0 Å². The zero-order valence-electron chi connectivity index (χ0n) is 11.1. The molecule has 1 atom stereocenters. The lowest BCUT2D eigenvalue weighted by Crippen LogP contribution is -2.26. The van der Waals surface area contributed by atoms with E-state index >= 15 is 0 Å². The van der Waals surface area contributed by atoms with Crippen LogP contribution in [0.25, 0.3) is 0 Å². The fraction of sp³-hybridized carbons (Fsp3) is 0.571. The molecule has 0 spiro atoms. The molecule has 1 aliphatic rings. The van der Waals surface area contributed by atoms with E-state index < -0.39 is 0 Å². The molecule has 1 aromatic rings. The van der Waals surface area contributed by atoms with E-state index in [2.05, 4.69) is 18.3 Å². The molecule has 100 valence electrons. The molecule has 4 nitrogen and oxygen atoms in total. The van der Waals surface area contributed by atoms with Crippen LogP contribution in [-0.4, -0.2) is 33.5 Å². The summed E-state index contributed by atoms with van der Waals surface area (Å²) in [6.45, 7) is 5.03. The van der Waals surface area contributed by atoms with Crippen LogP contribution in [0.5, 0.6) is 11.5 Å². The first-order chi connectivity index (χ1) is 8.85. The van der Waals surface area contributed by atoms with Crippen molar-refractivity contribution in [3.05, 3.63) is 23.8 Å². The first-order valence-corrected chi connectivity index (χ1v) is 6.47. The predicted molar refractivity (Wildman–Crippen MR) is 70.3 cm³/mol. The van der Waals surface area contributed by atoms with Crippen molar-refractivity contribution < 1.29 is 14.2 Å². The molecule has 0 saturated heterocycles. The first kappa shape index (κ1) is 13.2. The smallest absolute Gasteiger partial charge is 0.161 e. The average Bonchev–Trinajstić information content (AvgIpc) is 2.43. The van der Waals surface area contributed by atoms with Gasteiger partial charge in [0.25, 0.3) is 0 Å². The Hall–Kier alpha value is -1.26. The normalized spacial score (nSPS) is 15.4. The van der Waals surface area contributed by atoms with Gasteiger partial charge in [-0.05, 0) is 30.7 Å². The molecular formula is C14H21NO3. The topological polar surface area (TPSA) is 39.7 Å². The number of ether oxygens (including phenoxy) is 3. The molecule has 1 N–H and O–H groups in total. The second-order valence-corrected chi connectivity index (χ2v) is 4.37. The van der Waals surface area contributed by atoms with Crippen LogP contribution in [0.15, 0.2) is 18.2 Å². The van der Waals surface area contributed by atoms with Gasteiger partial charge in [0, 0.05) is 7.11 Å². The van der Waals surface area contributed by atoms with Crippen LogP contribution >= 0.6 is 0 Å². The van der Waals surface area contributed by atoms with Crippen LogP contribution in [0.4, 0.5) is 0 Å². The molecule has 0 aliphatic carbocycles. The van der Waals surface area contributed by atoms with Crippen molar-refractivity contribution in [2.75, 3.05) is 33.5 Å². The SMILES string of the molecule is CCCNC(COC)c1ccc2c(c1)OCCO2. The minimum Gasteiger partial charge on any atom is -0.486 e. The minimum atomic E-state index is 0.200. The quantitative estimate of drug-likeness (QED) is 0.841. The van der Waals surface area contributed by atoms with Crippen LogP contribution in [0, 0.1) is 0 Å². The highest BCUT2D eigenvalue weighted by atomic mass is 16.6. The van der Waals surface area contributed by atoms with Gasteiger partial charge >= 0.3 is 0 Å². The van der Waals surface area contributed by atoms with Crippen LogP contribution in [-0.2, 0) is 4.74 Å². The molecule has 0 bridgehead atoms. The summed E-state index contributed by atoms with van der Waals surface area (Å²) in [6, 6.07) is 6.28. The van der Waals surface area contributed by atoms with Crippen LogP contribution in [0.3, 0.4) is 0 Å². The molecule has 1 heterocycles. The van der Waals surface area contributed by atoms with E-state index in [1.165, 1.54) is 5.56 Å². The Kier molecular flexibility index (Phi) is 4.84. The van der Waals surface area contributed by atoms with Gasteiger partial charge in [0.1, 0.15) is 13.2 Å². The van der Waals surface area contributed by atoms with E-state index in [1.807, 2.05) is 12.1 Å².